The third-order valence-electron chi connectivity index (χ3n) is 2.41. The van der Waals surface area contributed by atoms with Crippen molar-refractivity contribution < 1.29 is 9.47 Å². The molecule has 2 aliphatic rings. The molecule has 3 heteroatoms. The van der Waals surface area contributed by atoms with Gasteiger partial charge in [-0.3, -0.25) is 0 Å². The fourth-order valence-electron chi connectivity index (χ4n) is 1.58. The minimum Gasteiger partial charge on any atom is -0.380 e. The van der Waals surface area contributed by atoms with Gasteiger partial charge in [-0.05, 0) is 13.0 Å². The maximum Gasteiger partial charge on any atom is 0.0660 e. The normalized spacial score (nSPS) is 34.4. The highest BCUT2D eigenvalue weighted by Gasteiger charge is 2.29. The molecule has 2 aliphatic heterocycles. The molecule has 0 aromatic rings. The van der Waals surface area contributed by atoms with Crippen LogP contribution in [-0.4, -0.2) is 39.0 Å². The van der Waals surface area contributed by atoms with E-state index in [2.05, 4.69) is 5.32 Å². The lowest BCUT2D eigenvalue weighted by atomic mass is 9.98. The van der Waals surface area contributed by atoms with Crippen molar-refractivity contribution in [1.82, 2.24) is 5.32 Å². The highest BCUT2D eigenvalue weighted by molar-refractivity contribution is 4.77. The molecule has 2 rings (SSSR count). The van der Waals surface area contributed by atoms with Crippen molar-refractivity contribution in [3.8, 4) is 0 Å². The Morgan fingerprint density at radius 1 is 1.18 bits per heavy atom. The SMILES string of the molecule is C1COC(C2COC2)CCN1. The van der Waals surface area contributed by atoms with Crippen molar-refractivity contribution in [1.29, 1.82) is 0 Å². The van der Waals surface area contributed by atoms with Crippen LogP contribution < -0.4 is 5.32 Å². The molecule has 2 saturated heterocycles. The van der Waals surface area contributed by atoms with Gasteiger partial charge >= 0.3 is 0 Å². The Labute approximate surface area is 67.1 Å². The lowest BCUT2D eigenvalue weighted by molar-refractivity contribution is -0.111. The Bertz CT molecular complexity index is 117. The second kappa shape index (κ2) is 3.52. The van der Waals surface area contributed by atoms with E-state index >= 15 is 0 Å². The average molecular weight is 157 g/mol. The number of ether oxygens (including phenoxy) is 2. The smallest absolute Gasteiger partial charge is 0.0660 e. The van der Waals surface area contributed by atoms with Crippen molar-refractivity contribution in [3.05, 3.63) is 0 Å². The molecule has 0 aromatic heterocycles. The molecule has 64 valence electrons. The quantitative estimate of drug-likeness (QED) is 0.581. The fourth-order valence-corrected chi connectivity index (χ4v) is 1.58. The summed E-state index contributed by atoms with van der Waals surface area (Å²) >= 11 is 0. The molecule has 1 atom stereocenters. The zero-order valence-electron chi connectivity index (χ0n) is 6.71. The predicted molar refractivity (Wildman–Crippen MR) is 41.5 cm³/mol. The van der Waals surface area contributed by atoms with Crippen molar-refractivity contribution in [2.24, 2.45) is 5.92 Å². The third kappa shape index (κ3) is 1.72. The molecule has 0 aromatic carbocycles. The van der Waals surface area contributed by atoms with E-state index in [1.165, 1.54) is 0 Å². The molecule has 0 amide bonds. The van der Waals surface area contributed by atoms with Crippen LogP contribution in [0.25, 0.3) is 0 Å². The molecule has 0 spiro atoms. The van der Waals surface area contributed by atoms with Crippen molar-refractivity contribution in [2.75, 3.05) is 32.9 Å². The zero-order chi connectivity index (χ0) is 7.52. The summed E-state index contributed by atoms with van der Waals surface area (Å²) in [6.07, 6.45) is 1.60. The van der Waals surface area contributed by atoms with E-state index in [1.54, 1.807) is 0 Å². The number of rotatable bonds is 1. The highest BCUT2D eigenvalue weighted by atomic mass is 16.5. The molecular formula is C8H15NO2. The van der Waals surface area contributed by atoms with Crippen LogP contribution in [0.4, 0.5) is 0 Å². The van der Waals surface area contributed by atoms with Crippen LogP contribution in [0.5, 0.6) is 0 Å². The monoisotopic (exact) mass is 157 g/mol. The summed E-state index contributed by atoms with van der Waals surface area (Å²) < 4.78 is 10.8. The summed E-state index contributed by atoms with van der Waals surface area (Å²) in [6.45, 7) is 4.78. The maximum atomic E-state index is 5.66. The Morgan fingerprint density at radius 3 is 2.82 bits per heavy atom. The Kier molecular flexibility index (Phi) is 2.41. The van der Waals surface area contributed by atoms with E-state index in [1.807, 2.05) is 0 Å². The first-order chi connectivity index (χ1) is 5.47. The van der Waals surface area contributed by atoms with Gasteiger partial charge in [-0.1, -0.05) is 0 Å². The summed E-state index contributed by atoms with van der Waals surface area (Å²) in [6, 6.07) is 0. The minimum atomic E-state index is 0.457. The molecule has 2 fully saturated rings. The fraction of sp³-hybridized carbons (Fsp3) is 1.00. The molecular weight excluding hydrogens is 142 g/mol. The van der Waals surface area contributed by atoms with Gasteiger partial charge in [0.1, 0.15) is 0 Å². The van der Waals surface area contributed by atoms with E-state index in [0.29, 0.717) is 12.0 Å². The van der Waals surface area contributed by atoms with Gasteiger partial charge in [0.15, 0.2) is 0 Å². The first kappa shape index (κ1) is 7.53. The van der Waals surface area contributed by atoms with Gasteiger partial charge in [0.2, 0.25) is 0 Å². The van der Waals surface area contributed by atoms with E-state index in [4.69, 9.17) is 9.47 Å². The standard InChI is InChI=1S/C8H15NO2/c1-2-9-3-4-11-8(1)7-5-10-6-7/h7-9H,1-6H2. The Morgan fingerprint density at radius 2 is 2.09 bits per heavy atom. The molecule has 0 bridgehead atoms. The van der Waals surface area contributed by atoms with Crippen LogP contribution >= 0.6 is 0 Å². The molecule has 3 nitrogen and oxygen atoms in total. The van der Waals surface area contributed by atoms with Gasteiger partial charge in [0.25, 0.3) is 0 Å². The van der Waals surface area contributed by atoms with Crippen molar-refractivity contribution >= 4 is 0 Å². The summed E-state index contributed by atoms with van der Waals surface area (Å²) in [5, 5.41) is 3.31. The van der Waals surface area contributed by atoms with Crippen LogP contribution in [0.2, 0.25) is 0 Å². The largest absolute Gasteiger partial charge is 0.380 e. The molecule has 11 heavy (non-hydrogen) atoms. The second-order valence-electron chi connectivity index (χ2n) is 3.25. The van der Waals surface area contributed by atoms with Gasteiger partial charge in [-0.25, -0.2) is 0 Å². The van der Waals surface area contributed by atoms with Crippen molar-refractivity contribution in [3.63, 3.8) is 0 Å². The van der Waals surface area contributed by atoms with Gasteiger partial charge in [0, 0.05) is 12.5 Å². The van der Waals surface area contributed by atoms with Gasteiger partial charge in [-0.2, -0.15) is 0 Å². The zero-order valence-corrected chi connectivity index (χ0v) is 6.71. The van der Waals surface area contributed by atoms with E-state index in [0.717, 1.165) is 39.3 Å². The highest BCUT2D eigenvalue weighted by Crippen LogP contribution is 2.20. The molecule has 0 saturated carbocycles. The van der Waals surface area contributed by atoms with Crippen LogP contribution in [0.1, 0.15) is 6.42 Å². The predicted octanol–water partition coefficient (Wildman–Crippen LogP) is 0.0113. The van der Waals surface area contributed by atoms with Crippen LogP contribution in [0.15, 0.2) is 0 Å². The number of hydrogen-bond donors (Lipinski definition) is 1. The molecule has 2 heterocycles. The van der Waals surface area contributed by atoms with Gasteiger partial charge < -0.3 is 14.8 Å². The Balaban J connectivity index is 1.80. The first-order valence-electron chi connectivity index (χ1n) is 4.37. The molecule has 1 N–H and O–H groups in total. The summed E-state index contributed by atoms with van der Waals surface area (Å²) in [4.78, 5) is 0. The van der Waals surface area contributed by atoms with Gasteiger partial charge in [0.05, 0.1) is 25.9 Å². The van der Waals surface area contributed by atoms with E-state index in [-0.39, 0.29) is 0 Å². The summed E-state index contributed by atoms with van der Waals surface area (Å²) in [7, 11) is 0. The first-order valence-corrected chi connectivity index (χ1v) is 4.37. The minimum absolute atomic E-state index is 0.457. The molecule has 0 radical (unpaired) electrons. The topological polar surface area (TPSA) is 30.5 Å². The molecule has 0 aliphatic carbocycles. The van der Waals surface area contributed by atoms with Gasteiger partial charge in [-0.15, -0.1) is 0 Å². The summed E-state index contributed by atoms with van der Waals surface area (Å²) in [5.41, 5.74) is 0. The van der Waals surface area contributed by atoms with E-state index < -0.39 is 0 Å². The lowest BCUT2D eigenvalue weighted by Crippen LogP contribution is -2.39. The maximum absolute atomic E-state index is 5.66. The van der Waals surface area contributed by atoms with E-state index in [9.17, 15) is 0 Å². The van der Waals surface area contributed by atoms with Crippen LogP contribution in [-0.2, 0) is 9.47 Å². The average Bonchev–Trinajstić information content (AvgIpc) is 2.12. The van der Waals surface area contributed by atoms with Crippen LogP contribution in [0.3, 0.4) is 0 Å². The number of nitrogens with one attached hydrogen (secondary N) is 1. The molecule has 1 unspecified atom stereocenters. The lowest BCUT2D eigenvalue weighted by Gasteiger charge is -2.32. The van der Waals surface area contributed by atoms with Crippen molar-refractivity contribution in [2.45, 2.75) is 12.5 Å². The third-order valence-corrected chi connectivity index (χ3v) is 2.41. The van der Waals surface area contributed by atoms with Crippen LogP contribution in [0, 0.1) is 5.92 Å². The Hall–Kier alpha value is -0.120. The summed E-state index contributed by atoms with van der Waals surface area (Å²) in [5.74, 6) is 0.676. The second-order valence-corrected chi connectivity index (χ2v) is 3.25. The number of hydrogen-bond acceptors (Lipinski definition) is 3.